The van der Waals surface area contributed by atoms with Crippen molar-refractivity contribution >= 4 is 5.97 Å². The summed E-state index contributed by atoms with van der Waals surface area (Å²) in [5.41, 5.74) is 0.269. The zero-order valence-electron chi connectivity index (χ0n) is 5.85. The standard InChI is InChI=1S/C6H10O2.H3N/c1-4(2)5(3)6(7)8;/h4H,3H2,1-2H3,(H,7,8);1H3. The topological polar surface area (TPSA) is 72.3 Å². The van der Waals surface area contributed by atoms with Crippen LogP contribution in [-0.2, 0) is 4.79 Å². The first-order valence-electron chi connectivity index (χ1n) is 2.47. The molecule has 0 aromatic carbocycles. The SMILES string of the molecule is C=C(C(=O)O)C(C)C.N. The molecule has 0 aliphatic rings. The van der Waals surface area contributed by atoms with Gasteiger partial charge in [-0.15, -0.1) is 0 Å². The zero-order chi connectivity index (χ0) is 6.73. The van der Waals surface area contributed by atoms with Gasteiger partial charge in [0.1, 0.15) is 0 Å². The third-order valence-electron chi connectivity index (χ3n) is 0.972. The third kappa shape index (κ3) is 3.73. The maximum absolute atomic E-state index is 10.0. The first kappa shape index (κ1) is 11.0. The summed E-state index contributed by atoms with van der Waals surface area (Å²) < 4.78 is 0. The molecule has 0 spiro atoms. The molecule has 0 aromatic rings. The van der Waals surface area contributed by atoms with Gasteiger partial charge in [-0.1, -0.05) is 20.4 Å². The fourth-order valence-corrected chi connectivity index (χ4v) is 0.247. The van der Waals surface area contributed by atoms with Gasteiger partial charge in [-0.25, -0.2) is 4.79 Å². The molecule has 3 heteroatoms. The largest absolute Gasteiger partial charge is 0.478 e. The van der Waals surface area contributed by atoms with Gasteiger partial charge in [-0.3, -0.25) is 0 Å². The maximum atomic E-state index is 10.0. The minimum Gasteiger partial charge on any atom is -0.478 e. The van der Waals surface area contributed by atoms with Crippen molar-refractivity contribution < 1.29 is 9.90 Å². The molecule has 54 valence electrons. The van der Waals surface area contributed by atoms with E-state index in [1.807, 2.05) is 0 Å². The van der Waals surface area contributed by atoms with Crippen molar-refractivity contribution in [2.24, 2.45) is 5.92 Å². The lowest BCUT2D eigenvalue weighted by Gasteiger charge is -2.00. The number of aliphatic carboxylic acids is 1. The Morgan fingerprint density at radius 3 is 1.89 bits per heavy atom. The van der Waals surface area contributed by atoms with Gasteiger partial charge in [0.2, 0.25) is 0 Å². The molecule has 0 bridgehead atoms. The fraction of sp³-hybridized carbons (Fsp3) is 0.500. The van der Waals surface area contributed by atoms with E-state index in [-0.39, 0.29) is 17.6 Å². The molecule has 0 aromatic heterocycles. The number of rotatable bonds is 2. The summed E-state index contributed by atoms with van der Waals surface area (Å²) in [5, 5.41) is 8.25. The lowest BCUT2D eigenvalue weighted by Crippen LogP contribution is -2.04. The molecule has 0 atom stereocenters. The van der Waals surface area contributed by atoms with Crippen LogP contribution < -0.4 is 6.15 Å². The van der Waals surface area contributed by atoms with Gasteiger partial charge in [0.15, 0.2) is 0 Å². The number of hydrogen-bond acceptors (Lipinski definition) is 2. The van der Waals surface area contributed by atoms with Gasteiger partial charge in [-0.05, 0) is 5.92 Å². The Morgan fingerprint density at radius 1 is 1.56 bits per heavy atom. The predicted octanol–water partition coefficient (Wildman–Crippen LogP) is 1.45. The average Bonchev–Trinajstić information content (AvgIpc) is 1.64. The van der Waals surface area contributed by atoms with Gasteiger partial charge < -0.3 is 11.3 Å². The van der Waals surface area contributed by atoms with Crippen LogP contribution in [0.3, 0.4) is 0 Å². The summed E-state index contributed by atoms with van der Waals surface area (Å²) in [6.07, 6.45) is 0. The molecule has 0 saturated carbocycles. The molecule has 0 fully saturated rings. The van der Waals surface area contributed by atoms with E-state index >= 15 is 0 Å². The lowest BCUT2D eigenvalue weighted by molar-refractivity contribution is -0.133. The minimum absolute atomic E-state index is 0. The summed E-state index contributed by atoms with van der Waals surface area (Å²) in [6, 6.07) is 0. The molecule has 0 unspecified atom stereocenters. The van der Waals surface area contributed by atoms with Crippen molar-refractivity contribution in [3.63, 3.8) is 0 Å². The highest BCUT2D eigenvalue weighted by molar-refractivity contribution is 5.86. The lowest BCUT2D eigenvalue weighted by atomic mass is 10.1. The second kappa shape index (κ2) is 4.09. The second-order valence-electron chi connectivity index (χ2n) is 1.99. The highest BCUT2D eigenvalue weighted by atomic mass is 16.4. The Bertz CT molecular complexity index is 118. The summed E-state index contributed by atoms with van der Waals surface area (Å²) in [4.78, 5) is 10.0. The molecular formula is C6H13NO2. The molecule has 4 N–H and O–H groups in total. The van der Waals surface area contributed by atoms with Crippen LogP contribution in [0.15, 0.2) is 12.2 Å². The molecule has 0 rings (SSSR count). The molecule has 0 saturated heterocycles. The number of carbonyl (C=O) groups is 1. The van der Waals surface area contributed by atoms with Crippen molar-refractivity contribution in [1.82, 2.24) is 6.15 Å². The number of hydrogen-bond donors (Lipinski definition) is 2. The molecule has 0 aliphatic heterocycles. The van der Waals surface area contributed by atoms with Crippen molar-refractivity contribution in [2.45, 2.75) is 13.8 Å². The molecule has 0 heterocycles. The van der Waals surface area contributed by atoms with E-state index in [1.54, 1.807) is 13.8 Å². The normalized spacial score (nSPS) is 8.33. The van der Waals surface area contributed by atoms with Crippen LogP contribution in [0.1, 0.15) is 13.8 Å². The van der Waals surface area contributed by atoms with Gasteiger partial charge in [0.25, 0.3) is 0 Å². The Hall–Kier alpha value is -0.830. The fourth-order valence-electron chi connectivity index (χ4n) is 0.247. The molecule has 9 heavy (non-hydrogen) atoms. The van der Waals surface area contributed by atoms with Gasteiger partial charge in [-0.2, -0.15) is 0 Å². The Balaban J connectivity index is 0. The Labute approximate surface area is 55.0 Å². The van der Waals surface area contributed by atoms with E-state index in [4.69, 9.17) is 5.11 Å². The smallest absolute Gasteiger partial charge is 0.331 e. The quantitative estimate of drug-likeness (QED) is 0.557. The van der Waals surface area contributed by atoms with Crippen LogP contribution in [0.4, 0.5) is 0 Å². The van der Waals surface area contributed by atoms with Crippen LogP contribution in [0.25, 0.3) is 0 Å². The van der Waals surface area contributed by atoms with E-state index in [1.165, 1.54) is 0 Å². The average molecular weight is 131 g/mol. The van der Waals surface area contributed by atoms with Gasteiger partial charge >= 0.3 is 5.97 Å². The monoisotopic (exact) mass is 131 g/mol. The summed E-state index contributed by atoms with van der Waals surface area (Å²) in [5.74, 6) is -0.854. The van der Waals surface area contributed by atoms with E-state index in [9.17, 15) is 4.79 Å². The zero-order valence-corrected chi connectivity index (χ0v) is 5.85. The van der Waals surface area contributed by atoms with Gasteiger partial charge in [0, 0.05) is 5.57 Å². The van der Waals surface area contributed by atoms with E-state index in [0.29, 0.717) is 0 Å². The molecule has 0 radical (unpaired) electrons. The molecule has 0 amide bonds. The van der Waals surface area contributed by atoms with E-state index < -0.39 is 5.97 Å². The Morgan fingerprint density at radius 2 is 1.89 bits per heavy atom. The van der Waals surface area contributed by atoms with Crippen molar-refractivity contribution in [3.05, 3.63) is 12.2 Å². The maximum Gasteiger partial charge on any atom is 0.331 e. The first-order valence-corrected chi connectivity index (χ1v) is 2.47. The molecule has 3 nitrogen and oxygen atoms in total. The van der Waals surface area contributed by atoms with Crippen LogP contribution in [0.5, 0.6) is 0 Å². The van der Waals surface area contributed by atoms with Crippen LogP contribution in [-0.4, -0.2) is 11.1 Å². The summed E-state index contributed by atoms with van der Waals surface area (Å²) >= 11 is 0. The van der Waals surface area contributed by atoms with Crippen LogP contribution in [0, 0.1) is 5.92 Å². The predicted molar refractivity (Wildman–Crippen MR) is 36.6 cm³/mol. The summed E-state index contributed by atoms with van der Waals surface area (Å²) in [7, 11) is 0. The van der Waals surface area contributed by atoms with E-state index in [0.717, 1.165) is 0 Å². The highest BCUT2D eigenvalue weighted by Crippen LogP contribution is 2.04. The Kier molecular flexibility index (Phi) is 5.01. The van der Waals surface area contributed by atoms with Crippen molar-refractivity contribution in [3.8, 4) is 0 Å². The summed E-state index contributed by atoms with van der Waals surface area (Å²) in [6.45, 7) is 6.96. The molecular weight excluding hydrogens is 118 g/mol. The van der Waals surface area contributed by atoms with Crippen molar-refractivity contribution in [1.29, 1.82) is 0 Å². The van der Waals surface area contributed by atoms with Crippen molar-refractivity contribution in [2.75, 3.05) is 0 Å². The minimum atomic E-state index is -0.903. The number of carboxylic acid groups (broad SMARTS) is 1. The third-order valence-corrected chi connectivity index (χ3v) is 0.972. The van der Waals surface area contributed by atoms with E-state index in [2.05, 4.69) is 6.58 Å². The van der Waals surface area contributed by atoms with Crippen LogP contribution >= 0.6 is 0 Å². The van der Waals surface area contributed by atoms with Crippen LogP contribution in [0.2, 0.25) is 0 Å². The second-order valence-corrected chi connectivity index (χ2v) is 1.99. The highest BCUT2D eigenvalue weighted by Gasteiger charge is 2.06. The number of carboxylic acids is 1. The van der Waals surface area contributed by atoms with Gasteiger partial charge in [0.05, 0.1) is 0 Å². The first-order chi connectivity index (χ1) is 3.55. The molecule has 0 aliphatic carbocycles.